The summed E-state index contributed by atoms with van der Waals surface area (Å²) in [6.45, 7) is 0.478. The van der Waals surface area contributed by atoms with Crippen molar-refractivity contribution in [3.05, 3.63) is 52.5 Å². The van der Waals surface area contributed by atoms with Crippen LogP contribution in [0.1, 0.15) is 17.0 Å². The zero-order valence-electron chi connectivity index (χ0n) is 10.1. The van der Waals surface area contributed by atoms with Crippen molar-refractivity contribution < 1.29 is 14.9 Å². The van der Waals surface area contributed by atoms with E-state index in [-0.39, 0.29) is 17.4 Å². The van der Waals surface area contributed by atoms with E-state index < -0.39 is 0 Å². The van der Waals surface area contributed by atoms with Crippen LogP contribution in [0, 0.1) is 0 Å². The predicted molar refractivity (Wildman–Crippen MR) is 73.2 cm³/mol. The highest BCUT2D eigenvalue weighted by molar-refractivity contribution is 6.30. The molecule has 0 amide bonds. The smallest absolute Gasteiger partial charge is 0.200 e. The summed E-state index contributed by atoms with van der Waals surface area (Å²) in [5.41, 5.74) is 2.06. The molecule has 0 saturated heterocycles. The number of benzene rings is 2. The normalized spacial score (nSPS) is 17.6. The third-order valence-corrected chi connectivity index (χ3v) is 3.68. The van der Waals surface area contributed by atoms with Gasteiger partial charge in [-0.15, -0.1) is 0 Å². The Hall–Kier alpha value is -1.87. The molecule has 1 aliphatic heterocycles. The molecule has 19 heavy (non-hydrogen) atoms. The molecule has 0 bridgehead atoms. The van der Waals surface area contributed by atoms with E-state index in [2.05, 4.69) is 0 Å². The molecule has 0 spiro atoms. The first-order chi connectivity index (χ1) is 9.15. The lowest BCUT2D eigenvalue weighted by Crippen LogP contribution is -2.19. The van der Waals surface area contributed by atoms with Crippen LogP contribution in [0.25, 0.3) is 0 Å². The number of rotatable bonds is 1. The Morgan fingerprint density at radius 3 is 2.53 bits per heavy atom. The third-order valence-electron chi connectivity index (χ3n) is 3.43. The molecule has 0 radical (unpaired) electrons. The zero-order valence-corrected chi connectivity index (χ0v) is 10.9. The van der Waals surface area contributed by atoms with Crippen molar-refractivity contribution in [2.45, 2.75) is 12.3 Å². The van der Waals surface area contributed by atoms with Crippen LogP contribution in [0.2, 0.25) is 5.02 Å². The Labute approximate surface area is 116 Å². The van der Waals surface area contributed by atoms with Gasteiger partial charge in [-0.3, -0.25) is 0 Å². The van der Waals surface area contributed by atoms with Gasteiger partial charge in [0.05, 0.1) is 6.61 Å². The Kier molecular flexibility index (Phi) is 2.99. The summed E-state index contributed by atoms with van der Waals surface area (Å²) in [5.74, 6) is 0.301. The second-order valence-electron chi connectivity index (χ2n) is 4.69. The summed E-state index contributed by atoms with van der Waals surface area (Å²) >= 11 is 5.88. The van der Waals surface area contributed by atoms with Crippen molar-refractivity contribution in [2.24, 2.45) is 0 Å². The van der Waals surface area contributed by atoms with Crippen molar-refractivity contribution in [3.8, 4) is 17.2 Å². The molecule has 0 aromatic heterocycles. The van der Waals surface area contributed by atoms with E-state index in [0.29, 0.717) is 17.4 Å². The maximum Gasteiger partial charge on any atom is 0.200 e. The highest BCUT2D eigenvalue weighted by Crippen LogP contribution is 2.43. The number of phenols is 2. The van der Waals surface area contributed by atoms with E-state index >= 15 is 0 Å². The SMILES string of the molecule is Oc1ccc2c(c1O)OCC(c1ccc(Cl)cc1)C2. The second-order valence-corrected chi connectivity index (χ2v) is 5.12. The van der Waals surface area contributed by atoms with E-state index in [1.165, 1.54) is 6.07 Å². The van der Waals surface area contributed by atoms with E-state index in [1.807, 2.05) is 24.3 Å². The molecule has 2 aromatic carbocycles. The molecule has 1 unspecified atom stereocenters. The molecular weight excluding hydrogens is 264 g/mol. The number of hydrogen-bond donors (Lipinski definition) is 2. The molecule has 4 heteroatoms. The summed E-state index contributed by atoms with van der Waals surface area (Å²) in [4.78, 5) is 0. The van der Waals surface area contributed by atoms with Crippen molar-refractivity contribution >= 4 is 11.6 Å². The van der Waals surface area contributed by atoms with Crippen LogP contribution in [-0.4, -0.2) is 16.8 Å². The van der Waals surface area contributed by atoms with Crippen molar-refractivity contribution in [2.75, 3.05) is 6.61 Å². The molecule has 2 aromatic rings. The minimum Gasteiger partial charge on any atom is -0.504 e. The van der Waals surface area contributed by atoms with E-state index in [9.17, 15) is 10.2 Å². The van der Waals surface area contributed by atoms with E-state index in [1.54, 1.807) is 6.07 Å². The number of hydrogen-bond acceptors (Lipinski definition) is 3. The van der Waals surface area contributed by atoms with Gasteiger partial charge in [0.25, 0.3) is 0 Å². The van der Waals surface area contributed by atoms with Gasteiger partial charge < -0.3 is 14.9 Å². The van der Waals surface area contributed by atoms with Crippen LogP contribution < -0.4 is 4.74 Å². The van der Waals surface area contributed by atoms with Crippen LogP contribution in [0.15, 0.2) is 36.4 Å². The Bertz CT molecular complexity index is 608. The van der Waals surface area contributed by atoms with Gasteiger partial charge in [0.15, 0.2) is 11.5 Å². The average molecular weight is 277 g/mol. The first-order valence-corrected chi connectivity index (χ1v) is 6.45. The fraction of sp³-hybridized carbons (Fsp3) is 0.200. The highest BCUT2D eigenvalue weighted by atomic mass is 35.5. The first kappa shape index (κ1) is 12.2. The topological polar surface area (TPSA) is 49.7 Å². The van der Waals surface area contributed by atoms with E-state index in [4.69, 9.17) is 16.3 Å². The Balaban J connectivity index is 1.90. The highest BCUT2D eigenvalue weighted by Gasteiger charge is 2.24. The summed E-state index contributed by atoms with van der Waals surface area (Å²) in [6.07, 6.45) is 0.769. The molecular formula is C15H13ClO3. The number of halogens is 1. The Morgan fingerprint density at radius 1 is 1.05 bits per heavy atom. The molecule has 1 atom stereocenters. The molecule has 3 rings (SSSR count). The second kappa shape index (κ2) is 4.67. The monoisotopic (exact) mass is 276 g/mol. The fourth-order valence-corrected chi connectivity index (χ4v) is 2.51. The third kappa shape index (κ3) is 2.22. The molecule has 0 fully saturated rings. The van der Waals surface area contributed by atoms with Gasteiger partial charge in [0.1, 0.15) is 0 Å². The summed E-state index contributed by atoms with van der Waals surface area (Å²) < 4.78 is 5.59. The number of fused-ring (bicyclic) bond motifs is 1. The van der Waals surface area contributed by atoms with Gasteiger partial charge in [0, 0.05) is 10.9 Å². The summed E-state index contributed by atoms with van der Waals surface area (Å²) in [5, 5.41) is 19.9. The van der Waals surface area contributed by atoms with E-state index in [0.717, 1.165) is 17.5 Å². The van der Waals surface area contributed by atoms with Crippen LogP contribution in [0.3, 0.4) is 0 Å². The molecule has 0 aliphatic carbocycles. The summed E-state index contributed by atoms with van der Waals surface area (Å²) in [7, 11) is 0. The van der Waals surface area contributed by atoms with Gasteiger partial charge in [0.2, 0.25) is 5.75 Å². The van der Waals surface area contributed by atoms with Crippen LogP contribution >= 0.6 is 11.6 Å². The van der Waals surface area contributed by atoms with Gasteiger partial charge >= 0.3 is 0 Å². The minimum absolute atomic E-state index is 0.149. The molecule has 0 saturated carbocycles. The van der Waals surface area contributed by atoms with Crippen molar-refractivity contribution in [3.63, 3.8) is 0 Å². The molecule has 1 aliphatic rings. The summed E-state index contributed by atoms with van der Waals surface area (Å²) in [6, 6.07) is 11.0. The number of ether oxygens (including phenoxy) is 1. The van der Waals surface area contributed by atoms with Gasteiger partial charge in [-0.2, -0.15) is 0 Å². The van der Waals surface area contributed by atoms with Gasteiger partial charge in [-0.05, 0) is 35.7 Å². The number of phenolic OH excluding ortho intramolecular Hbond substituents is 2. The van der Waals surface area contributed by atoms with Crippen LogP contribution in [0.5, 0.6) is 17.2 Å². The molecule has 2 N–H and O–H groups in total. The molecule has 3 nitrogen and oxygen atoms in total. The first-order valence-electron chi connectivity index (χ1n) is 6.07. The zero-order chi connectivity index (χ0) is 13.4. The molecule has 98 valence electrons. The number of aromatic hydroxyl groups is 2. The fourth-order valence-electron chi connectivity index (χ4n) is 2.38. The van der Waals surface area contributed by atoms with Crippen molar-refractivity contribution in [1.29, 1.82) is 0 Å². The minimum atomic E-state index is -0.174. The van der Waals surface area contributed by atoms with Crippen LogP contribution in [-0.2, 0) is 6.42 Å². The quantitative estimate of drug-likeness (QED) is 0.784. The van der Waals surface area contributed by atoms with Crippen molar-refractivity contribution in [1.82, 2.24) is 0 Å². The standard InChI is InChI=1S/C15H13ClO3/c16-12-4-1-9(2-5-12)11-7-10-3-6-13(17)14(18)15(10)19-8-11/h1-6,11,17-18H,7-8H2. The van der Waals surface area contributed by atoms with Gasteiger partial charge in [-0.1, -0.05) is 29.8 Å². The maximum atomic E-state index is 9.74. The lowest BCUT2D eigenvalue weighted by atomic mass is 9.90. The molecule has 1 heterocycles. The lowest BCUT2D eigenvalue weighted by molar-refractivity contribution is 0.246. The largest absolute Gasteiger partial charge is 0.504 e. The Morgan fingerprint density at radius 2 is 1.79 bits per heavy atom. The average Bonchev–Trinajstić information content (AvgIpc) is 2.43. The maximum absolute atomic E-state index is 9.74. The predicted octanol–water partition coefficient (Wildman–Crippen LogP) is 3.47. The van der Waals surface area contributed by atoms with Crippen LogP contribution in [0.4, 0.5) is 0 Å². The van der Waals surface area contributed by atoms with Gasteiger partial charge in [-0.25, -0.2) is 0 Å². The lowest BCUT2D eigenvalue weighted by Gasteiger charge is -2.26.